The van der Waals surface area contributed by atoms with Crippen LogP contribution in [0.3, 0.4) is 0 Å². The van der Waals surface area contributed by atoms with Crippen molar-refractivity contribution in [3.63, 3.8) is 0 Å². The van der Waals surface area contributed by atoms with E-state index < -0.39 is 0 Å². The second-order valence-corrected chi connectivity index (χ2v) is 4.80. The lowest BCUT2D eigenvalue weighted by atomic mass is 10.1. The third-order valence-electron chi connectivity index (χ3n) is 3.57. The molecule has 1 aliphatic heterocycles. The van der Waals surface area contributed by atoms with E-state index in [1.807, 2.05) is 0 Å². The van der Waals surface area contributed by atoms with Gasteiger partial charge in [0.05, 0.1) is 7.11 Å². The number of aliphatic hydroxyl groups excluding tert-OH is 1. The van der Waals surface area contributed by atoms with Gasteiger partial charge in [-0.05, 0) is 12.5 Å². The molecule has 1 heterocycles. The Bertz CT molecular complexity index is 412. The minimum atomic E-state index is -0.236. The van der Waals surface area contributed by atoms with E-state index in [4.69, 9.17) is 9.84 Å². The molecular formula is C14H21FN2O2. The van der Waals surface area contributed by atoms with E-state index in [2.05, 4.69) is 10.2 Å². The highest BCUT2D eigenvalue weighted by atomic mass is 19.1. The van der Waals surface area contributed by atoms with Gasteiger partial charge in [0.25, 0.3) is 0 Å². The number of nitrogens with zero attached hydrogens (tertiary/aromatic N) is 1. The number of piperazine rings is 1. The third-order valence-corrected chi connectivity index (χ3v) is 3.57. The van der Waals surface area contributed by atoms with E-state index >= 15 is 0 Å². The van der Waals surface area contributed by atoms with Crippen molar-refractivity contribution in [3.8, 4) is 5.75 Å². The second kappa shape index (κ2) is 6.84. The molecule has 0 aliphatic carbocycles. The molecule has 0 spiro atoms. The molecule has 106 valence electrons. The lowest BCUT2D eigenvalue weighted by Crippen LogP contribution is -2.51. The summed E-state index contributed by atoms with van der Waals surface area (Å²) >= 11 is 0. The molecule has 0 aromatic heterocycles. The zero-order chi connectivity index (χ0) is 13.7. The molecule has 1 saturated heterocycles. The minimum absolute atomic E-state index is 0.161. The zero-order valence-corrected chi connectivity index (χ0v) is 11.2. The van der Waals surface area contributed by atoms with E-state index in [1.54, 1.807) is 12.1 Å². The predicted octanol–water partition coefficient (Wildman–Crippen LogP) is 0.990. The number of hydrogen-bond donors (Lipinski definition) is 2. The fourth-order valence-corrected chi connectivity index (χ4v) is 2.45. The van der Waals surface area contributed by atoms with Crippen molar-refractivity contribution in [2.45, 2.75) is 19.0 Å². The summed E-state index contributed by atoms with van der Waals surface area (Å²) in [5, 5.41) is 12.4. The lowest BCUT2D eigenvalue weighted by molar-refractivity contribution is 0.122. The van der Waals surface area contributed by atoms with Gasteiger partial charge >= 0.3 is 0 Å². The summed E-state index contributed by atoms with van der Waals surface area (Å²) in [7, 11) is 1.53. The topological polar surface area (TPSA) is 44.7 Å². The smallest absolute Gasteiger partial charge is 0.131 e. The lowest BCUT2D eigenvalue weighted by Gasteiger charge is -2.36. The molecule has 0 radical (unpaired) electrons. The van der Waals surface area contributed by atoms with Gasteiger partial charge in [-0.1, -0.05) is 6.07 Å². The van der Waals surface area contributed by atoms with Crippen LogP contribution in [0.15, 0.2) is 18.2 Å². The van der Waals surface area contributed by atoms with Gasteiger partial charge in [-0.2, -0.15) is 0 Å². The number of methoxy groups -OCH3 is 1. The van der Waals surface area contributed by atoms with Crippen molar-refractivity contribution >= 4 is 0 Å². The molecule has 2 N–H and O–H groups in total. The van der Waals surface area contributed by atoms with Crippen LogP contribution >= 0.6 is 0 Å². The molecule has 0 bridgehead atoms. The highest BCUT2D eigenvalue weighted by Gasteiger charge is 2.22. The maximum absolute atomic E-state index is 13.9. The first kappa shape index (κ1) is 14.2. The van der Waals surface area contributed by atoms with Gasteiger partial charge in [0, 0.05) is 50.5 Å². The average Bonchev–Trinajstić information content (AvgIpc) is 2.43. The quantitative estimate of drug-likeness (QED) is 0.836. The first-order valence-electron chi connectivity index (χ1n) is 6.62. The summed E-state index contributed by atoms with van der Waals surface area (Å²) < 4.78 is 18.9. The molecule has 0 saturated carbocycles. The number of aliphatic hydroxyl groups is 1. The van der Waals surface area contributed by atoms with Crippen LogP contribution in [0.2, 0.25) is 0 Å². The molecule has 19 heavy (non-hydrogen) atoms. The Hall–Kier alpha value is -1.17. The molecule has 2 rings (SSSR count). The number of hydrogen-bond acceptors (Lipinski definition) is 4. The molecule has 1 aromatic rings. The average molecular weight is 268 g/mol. The van der Waals surface area contributed by atoms with E-state index in [0.29, 0.717) is 24.3 Å². The van der Waals surface area contributed by atoms with Crippen LogP contribution in [-0.4, -0.2) is 49.4 Å². The van der Waals surface area contributed by atoms with Crippen LogP contribution in [0.4, 0.5) is 4.39 Å². The first-order valence-corrected chi connectivity index (χ1v) is 6.62. The Labute approximate surface area is 113 Å². The molecule has 1 aliphatic rings. The molecule has 1 aromatic carbocycles. The Morgan fingerprint density at radius 3 is 3.05 bits per heavy atom. The van der Waals surface area contributed by atoms with Crippen molar-refractivity contribution in [2.75, 3.05) is 33.4 Å². The molecule has 4 nitrogen and oxygen atoms in total. The maximum atomic E-state index is 13.9. The van der Waals surface area contributed by atoms with Crippen LogP contribution in [0.5, 0.6) is 5.75 Å². The number of halogens is 1. The van der Waals surface area contributed by atoms with Gasteiger partial charge in [-0.25, -0.2) is 4.39 Å². The second-order valence-electron chi connectivity index (χ2n) is 4.80. The first-order chi connectivity index (χ1) is 9.24. The SMILES string of the molecule is COc1ccc(CN2CCNC[C@@H]2CCO)c(F)c1. The standard InChI is InChI=1S/C14H21FN2O2/c1-19-13-3-2-11(14(15)8-13)10-17-6-5-16-9-12(17)4-7-18/h2-3,8,12,16,18H,4-7,9-10H2,1H3/t12-/m0/s1. The summed E-state index contributed by atoms with van der Waals surface area (Å²) in [5.74, 6) is 0.300. The molecule has 0 unspecified atom stereocenters. The van der Waals surface area contributed by atoms with Crippen molar-refractivity contribution < 1.29 is 14.2 Å². The van der Waals surface area contributed by atoms with Crippen LogP contribution in [-0.2, 0) is 6.54 Å². The normalized spacial score (nSPS) is 20.5. The van der Waals surface area contributed by atoms with E-state index in [-0.39, 0.29) is 18.5 Å². The molecule has 5 heteroatoms. The van der Waals surface area contributed by atoms with E-state index in [1.165, 1.54) is 13.2 Å². The Morgan fingerprint density at radius 1 is 1.53 bits per heavy atom. The zero-order valence-electron chi connectivity index (χ0n) is 11.2. The molecule has 1 atom stereocenters. The Morgan fingerprint density at radius 2 is 2.37 bits per heavy atom. The van der Waals surface area contributed by atoms with Crippen LogP contribution < -0.4 is 10.1 Å². The van der Waals surface area contributed by atoms with Gasteiger partial charge < -0.3 is 15.2 Å². The summed E-state index contributed by atoms with van der Waals surface area (Å²) in [4.78, 5) is 2.22. The van der Waals surface area contributed by atoms with Crippen molar-refractivity contribution in [1.82, 2.24) is 10.2 Å². The number of rotatable bonds is 5. The minimum Gasteiger partial charge on any atom is -0.497 e. The molecular weight excluding hydrogens is 247 g/mol. The summed E-state index contributed by atoms with van der Waals surface area (Å²) in [6.45, 7) is 3.35. The summed E-state index contributed by atoms with van der Waals surface area (Å²) in [6, 6.07) is 5.23. The largest absolute Gasteiger partial charge is 0.497 e. The summed E-state index contributed by atoms with van der Waals surface area (Å²) in [5.41, 5.74) is 0.672. The highest BCUT2D eigenvalue weighted by Crippen LogP contribution is 2.19. The molecule has 0 amide bonds. The summed E-state index contributed by atoms with van der Waals surface area (Å²) in [6.07, 6.45) is 0.713. The van der Waals surface area contributed by atoms with Crippen LogP contribution in [0.1, 0.15) is 12.0 Å². The van der Waals surface area contributed by atoms with Gasteiger partial charge in [0.2, 0.25) is 0 Å². The number of ether oxygens (including phenoxy) is 1. The van der Waals surface area contributed by atoms with E-state index in [0.717, 1.165) is 19.6 Å². The van der Waals surface area contributed by atoms with Gasteiger partial charge in [0.15, 0.2) is 0 Å². The number of nitrogens with one attached hydrogen (secondary N) is 1. The predicted molar refractivity (Wildman–Crippen MR) is 71.7 cm³/mol. The number of benzene rings is 1. The maximum Gasteiger partial charge on any atom is 0.131 e. The highest BCUT2D eigenvalue weighted by molar-refractivity contribution is 5.28. The van der Waals surface area contributed by atoms with Crippen LogP contribution in [0.25, 0.3) is 0 Å². The van der Waals surface area contributed by atoms with Crippen molar-refractivity contribution in [2.24, 2.45) is 0 Å². The van der Waals surface area contributed by atoms with Crippen molar-refractivity contribution in [1.29, 1.82) is 0 Å². The van der Waals surface area contributed by atoms with E-state index in [9.17, 15) is 4.39 Å². The third kappa shape index (κ3) is 3.65. The Kier molecular flexibility index (Phi) is 5.13. The fraction of sp³-hybridized carbons (Fsp3) is 0.571. The van der Waals surface area contributed by atoms with Gasteiger partial charge in [0.1, 0.15) is 11.6 Å². The fourth-order valence-electron chi connectivity index (χ4n) is 2.45. The van der Waals surface area contributed by atoms with Gasteiger partial charge in [-0.15, -0.1) is 0 Å². The Balaban J connectivity index is 2.06. The van der Waals surface area contributed by atoms with Gasteiger partial charge in [-0.3, -0.25) is 4.90 Å². The molecule has 1 fully saturated rings. The van der Waals surface area contributed by atoms with Crippen LogP contribution in [0, 0.1) is 5.82 Å². The monoisotopic (exact) mass is 268 g/mol. The van der Waals surface area contributed by atoms with Crippen molar-refractivity contribution in [3.05, 3.63) is 29.6 Å².